The van der Waals surface area contributed by atoms with Crippen molar-refractivity contribution < 1.29 is 9.53 Å². The summed E-state index contributed by atoms with van der Waals surface area (Å²) >= 11 is 0. The van der Waals surface area contributed by atoms with Gasteiger partial charge in [0.25, 0.3) is 5.91 Å². The highest BCUT2D eigenvalue weighted by molar-refractivity contribution is 5.92. The largest absolute Gasteiger partial charge is 0.385 e. The summed E-state index contributed by atoms with van der Waals surface area (Å²) < 4.78 is 6.95. The molecule has 1 aliphatic heterocycles. The second-order valence-electron chi connectivity index (χ2n) is 6.09. The molecule has 1 unspecified atom stereocenters. The zero-order chi connectivity index (χ0) is 16.5. The summed E-state index contributed by atoms with van der Waals surface area (Å²) in [4.78, 5) is 14.3. The molecule has 1 amide bonds. The average molecular weight is 360 g/mol. The minimum Gasteiger partial charge on any atom is -0.385 e. The van der Waals surface area contributed by atoms with Gasteiger partial charge in [-0.15, -0.1) is 12.4 Å². The predicted molar refractivity (Wildman–Crippen MR) is 96.9 cm³/mol. The van der Waals surface area contributed by atoms with Gasteiger partial charge < -0.3 is 20.3 Å². The van der Waals surface area contributed by atoms with Crippen molar-refractivity contribution in [2.24, 2.45) is 0 Å². The highest BCUT2D eigenvalue weighted by Gasteiger charge is 2.17. The van der Waals surface area contributed by atoms with E-state index in [4.69, 9.17) is 4.74 Å². The van der Waals surface area contributed by atoms with Gasteiger partial charge in [-0.3, -0.25) is 9.48 Å². The van der Waals surface area contributed by atoms with Crippen LogP contribution in [0.25, 0.3) is 0 Å². The van der Waals surface area contributed by atoms with E-state index in [1.54, 1.807) is 13.2 Å². The van der Waals surface area contributed by atoms with Crippen LogP contribution in [-0.4, -0.2) is 74.1 Å². The van der Waals surface area contributed by atoms with Gasteiger partial charge in [0.2, 0.25) is 0 Å². The molecule has 0 aliphatic carbocycles. The maximum absolute atomic E-state index is 12.1. The van der Waals surface area contributed by atoms with E-state index >= 15 is 0 Å². The topological polar surface area (TPSA) is 71.4 Å². The fraction of sp³-hybridized carbons (Fsp3) is 0.750. The van der Waals surface area contributed by atoms with Gasteiger partial charge in [0.05, 0.1) is 6.04 Å². The molecule has 138 valence electrons. The number of nitrogens with zero attached hydrogens (tertiary/aromatic N) is 3. The van der Waals surface area contributed by atoms with Crippen LogP contribution in [0.1, 0.15) is 35.8 Å². The van der Waals surface area contributed by atoms with Crippen LogP contribution < -0.4 is 10.6 Å². The number of carbonyl (C=O) groups excluding carboxylic acids is 1. The maximum atomic E-state index is 12.1. The predicted octanol–water partition coefficient (Wildman–Crippen LogP) is 0.927. The molecule has 0 saturated carbocycles. The van der Waals surface area contributed by atoms with Crippen molar-refractivity contribution in [1.82, 2.24) is 25.3 Å². The summed E-state index contributed by atoms with van der Waals surface area (Å²) in [6.45, 7) is 5.18. The number of aromatic nitrogens is 2. The van der Waals surface area contributed by atoms with Crippen molar-refractivity contribution >= 4 is 18.3 Å². The molecule has 1 saturated heterocycles. The summed E-state index contributed by atoms with van der Waals surface area (Å²) in [5.41, 5.74) is 0.498. The molecule has 1 aromatic rings. The highest BCUT2D eigenvalue weighted by Crippen LogP contribution is 2.15. The number of likely N-dealkylation sites (N-methyl/N-ethyl adjacent to an activating group) is 1. The van der Waals surface area contributed by atoms with Crippen molar-refractivity contribution in [3.8, 4) is 0 Å². The molecule has 2 N–H and O–H groups in total. The summed E-state index contributed by atoms with van der Waals surface area (Å²) in [6, 6.07) is 2.16. The van der Waals surface area contributed by atoms with E-state index in [0.29, 0.717) is 18.3 Å². The van der Waals surface area contributed by atoms with E-state index in [9.17, 15) is 4.79 Å². The smallest absolute Gasteiger partial charge is 0.271 e. The van der Waals surface area contributed by atoms with Gasteiger partial charge in [0.1, 0.15) is 5.69 Å². The summed E-state index contributed by atoms with van der Waals surface area (Å²) in [5, 5.41) is 10.7. The van der Waals surface area contributed by atoms with Crippen LogP contribution in [0.3, 0.4) is 0 Å². The Labute approximate surface area is 150 Å². The zero-order valence-corrected chi connectivity index (χ0v) is 15.5. The molecule has 0 bridgehead atoms. The van der Waals surface area contributed by atoms with Crippen LogP contribution in [-0.2, 0) is 4.74 Å². The second kappa shape index (κ2) is 11.4. The number of piperidine rings is 1. The Kier molecular flexibility index (Phi) is 9.94. The van der Waals surface area contributed by atoms with Gasteiger partial charge in [-0.05, 0) is 38.9 Å². The molecule has 2 rings (SSSR count). The Hall–Kier alpha value is -1.15. The van der Waals surface area contributed by atoms with Crippen molar-refractivity contribution in [2.45, 2.75) is 25.3 Å². The van der Waals surface area contributed by atoms with Crippen LogP contribution in [0.15, 0.2) is 12.3 Å². The van der Waals surface area contributed by atoms with E-state index in [1.165, 1.54) is 0 Å². The SMILES string of the molecule is COCCCN(C)CCNC(=O)c1ccn(C2CCCNC2)n1.Cl. The number of halogens is 1. The number of carbonyl (C=O) groups is 1. The van der Waals surface area contributed by atoms with Crippen molar-refractivity contribution in [3.63, 3.8) is 0 Å². The van der Waals surface area contributed by atoms with Gasteiger partial charge in [0.15, 0.2) is 0 Å². The van der Waals surface area contributed by atoms with Gasteiger partial charge in [-0.2, -0.15) is 5.10 Å². The Morgan fingerprint density at radius 2 is 2.38 bits per heavy atom. The first-order valence-corrected chi connectivity index (χ1v) is 8.42. The van der Waals surface area contributed by atoms with Crippen LogP contribution in [0.5, 0.6) is 0 Å². The third-order valence-corrected chi connectivity index (χ3v) is 4.15. The Bertz CT molecular complexity index is 477. The first-order chi connectivity index (χ1) is 11.2. The number of ether oxygens (including phenoxy) is 1. The van der Waals surface area contributed by atoms with Gasteiger partial charge in [-0.1, -0.05) is 0 Å². The summed E-state index contributed by atoms with van der Waals surface area (Å²) in [6.07, 6.45) is 5.17. The lowest BCUT2D eigenvalue weighted by Crippen LogP contribution is -2.34. The van der Waals surface area contributed by atoms with E-state index < -0.39 is 0 Å². The molecular formula is C16H30ClN5O2. The first-order valence-electron chi connectivity index (χ1n) is 8.42. The molecule has 1 atom stereocenters. The molecule has 2 heterocycles. The number of hydrogen-bond donors (Lipinski definition) is 2. The first kappa shape index (κ1) is 20.9. The third kappa shape index (κ3) is 6.76. The molecule has 24 heavy (non-hydrogen) atoms. The van der Waals surface area contributed by atoms with Crippen LogP contribution in [0.4, 0.5) is 0 Å². The molecule has 0 spiro atoms. The molecule has 7 nitrogen and oxygen atoms in total. The highest BCUT2D eigenvalue weighted by atomic mass is 35.5. The minimum absolute atomic E-state index is 0. The van der Waals surface area contributed by atoms with E-state index in [-0.39, 0.29) is 18.3 Å². The number of amides is 1. The van der Waals surface area contributed by atoms with Crippen LogP contribution in [0.2, 0.25) is 0 Å². The van der Waals surface area contributed by atoms with Crippen molar-refractivity contribution in [3.05, 3.63) is 18.0 Å². The second-order valence-corrected chi connectivity index (χ2v) is 6.09. The standard InChI is InChI=1S/C16H29N5O2.ClH/c1-20(9-4-12-23-2)11-8-18-16(22)15-6-10-21(19-15)14-5-3-7-17-13-14;/h6,10,14,17H,3-5,7-9,11-13H2,1-2H3,(H,18,22);1H. The molecule has 1 fully saturated rings. The average Bonchev–Trinajstić information content (AvgIpc) is 3.06. The number of rotatable bonds is 9. The van der Waals surface area contributed by atoms with E-state index in [0.717, 1.165) is 52.0 Å². The quantitative estimate of drug-likeness (QED) is 0.642. The van der Waals surface area contributed by atoms with Gasteiger partial charge >= 0.3 is 0 Å². The summed E-state index contributed by atoms with van der Waals surface area (Å²) in [5.74, 6) is -0.0992. The molecule has 8 heteroatoms. The van der Waals surface area contributed by atoms with Crippen LogP contribution in [0, 0.1) is 0 Å². The number of nitrogens with one attached hydrogen (secondary N) is 2. The molecule has 0 radical (unpaired) electrons. The molecule has 0 aromatic carbocycles. The third-order valence-electron chi connectivity index (χ3n) is 4.15. The Morgan fingerprint density at radius 1 is 1.54 bits per heavy atom. The van der Waals surface area contributed by atoms with E-state index in [2.05, 4.69) is 20.6 Å². The van der Waals surface area contributed by atoms with Gasteiger partial charge in [-0.25, -0.2) is 0 Å². The molecule has 1 aliphatic rings. The maximum Gasteiger partial charge on any atom is 0.271 e. The normalized spacial score (nSPS) is 17.5. The Balaban J connectivity index is 0.00000288. The summed E-state index contributed by atoms with van der Waals surface area (Å²) in [7, 11) is 3.76. The lowest BCUT2D eigenvalue weighted by molar-refractivity contribution is 0.0942. The molecular weight excluding hydrogens is 330 g/mol. The minimum atomic E-state index is -0.0992. The fourth-order valence-electron chi connectivity index (χ4n) is 2.76. The van der Waals surface area contributed by atoms with Gasteiger partial charge in [0, 0.05) is 46.1 Å². The lowest BCUT2D eigenvalue weighted by Gasteiger charge is -2.22. The molecule has 1 aromatic heterocycles. The number of hydrogen-bond acceptors (Lipinski definition) is 5. The van der Waals surface area contributed by atoms with Crippen molar-refractivity contribution in [1.29, 1.82) is 0 Å². The zero-order valence-electron chi connectivity index (χ0n) is 14.7. The Morgan fingerprint density at radius 3 is 3.08 bits per heavy atom. The van der Waals surface area contributed by atoms with Crippen molar-refractivity contribution in [2.75, 3.05) is 53.5 Å². The monoisotopic (exact) mass is 359 g/mol. The fourth-order valence-corrected chi connectivity index (χ4v) is 2.76. The van der Waals surface area contributed by atoms with E-state index in [1.807, 2.05) is 17.9 Å². The number of methoxy groups -OCH3 is 1. The van der Waals surface area contributed by atoms with Crippen LogP contribution >= 0.6 is 12.4 Å². The lowest BCUT2D eigenvalue weighted by atomic mass is 10.1.